The number of amidine groups is 1. The second-order valence-electron chi connectivity index (χ2n) is 8.90. The van der Waals surface area contributed by atoms with E-state index in [0.29, 0.717) is 12.1 Å². The first-order valence-electron chi connectivity index (χ1n) is 11.6. The number of methoxy groups -OCH3 is 1. The van der Waals surface area contributed by atoms with Crippen LogP contribution in [0.2, 0.25) is 0 Å². The van der Waals surface area contributed by atoms with Crippen molar-refractivity contribution in [1.29, 1.82) is 0 Å². The van der Waals surface area contributed by atoms with Gasteiger partial charge in [-0.15, -0.1) is 0 Å². The Balaban J connectivity index is 1.49. The second-order valence-corrected chi connectivity index (χ2v) is 10.9. The highest BCUT2D eigenvalue weighted by molar-refractivity contribution is 8.19. The summed E-state index contributed by atoms with van der Waals surface area (Å²) in [5.74, 6) is 0.992. The zero-order valence-corrected chi connectivity index (χ0v) is 20.1. The lowest BCUT2D eigenvalue weighted by molar-refractivity contribution is -0.124. The normalized spacial score (nSPS) is 26.8. The molecule has 0 bridgehead atoms. The fourth-order valence-corrected chi connectivity index (χ4v) is 7.52. The molecule has 2 saturated carbocycles. The van der Waals surface area contributed by atoms with Gasteiger partial charge in [0.25, 0.3) is 5.91 Å². The predicted octanol–water partition coefficient (Wildman–Crippen LogP) is 6.00. The maximum atomic E-state index is 13.8. The van der Waals surface area contributed by atoms with Gasteiger partial charge in [-0.1, -0.05) is 50.3 Å². The number of benzene rings is 1. The predicted molar refractivity (Wildman–Crippen MR) is 130 cm³/mol. The minimum Gasteiger partial charge on any atom is -0.497 e. The molecule has 0 spiro atoms. The van der Waals surface area contributed by atoms with Crippen molar-refractivity contribution in [3.8, 4) is 5.75 Å². The van der Waals surface area contributed by atoms with E-state index in [1.165, 1.54) is 43.4 Å². The lowest BCUT2D eigenvalue weighted by Gasteiger charge is -2.31. The van der Waals surface area contributed by atoms with Crippen molar-refractivity contribution in [2.45, 2.75) is 81.2 Å². The Hall–Kier alpha value is -1.60. The molecule has 2 aliphatic heterocycles. The van der Waals surface area contributed by atoms with Crippen LogP contribution in [0.5, 0.6) is 5.75 Å². The molecule has 0 radical (unpaired) electrons. The van der Waals surface area contributed by atoms with Crippen LogP contribution in [-0.2, 0) is 4.79 Å². The standard InChI is InChI=1S/C24H31N3O2S2/c1-26-19-15-18(29-2)13-14-20(19)30-23(26)21-22(28)27(17-11-7-4-8-12-17)24(31-21)25-16-9-5-3-6-10-16/h13-17H,3-12H2,1-2H3. The van der Waals surface area contributed by atoms with E-state index in [1.54, 1.807) is 30.6 Å². The van der Waals surface area contributed by atoms with E-state index in [4.69, 9.17) is 9.73 Å². The van der Waals surface area contributed by atoms with Crippen molar-refractivity contribution >= 4 is 40.3 Å². The molecule has 1 saturated heterocycles. The number of amides is 1. The number of hydrogen-bond donors (Lipinski definition) is 0. The Morgan fingerprint density at radius 2 is 1.71 bits per heavy atom. The van der Waals surface area contributed by atoms with Gasteiger partial charge in [0.1, 0.15) is 10.7 Å². The summed E-state index contributed by atoms with van der Waals surface area (Å²) in [4.78, 5) is 25.1. The third-order valence-corrected chi connectivity index (χ3v) is 9.28. The van der Waals surface area contributed by atoms with Crippen LogP contribution in [0.25, 0.3) is 0 Å². The highest BCUT2D eigenvalue weighted by atomic mass is 32.2. The zero-order chi connectivity index (χ0) is 21.4. The second kappa shape index (κ2) is 9.10. The lowest BCUT2D eigenvalue weighted by Crippen LogP contribution is -2.41. The van der Waals surface area contributed by atoms with Gasteiger partial charge < -0.3 is 9.64 Å². The number of carbonyl (C=O) groups excluding carboxylic acids is 1. The average Bonchev–Trinajstić information content (AvgIpc) is 3.30. The quantitative estimate of drug-likeness (QED) is 0.521. The van der Waals surface area contributed by atoms with Crippen LogP contribution in [0.3, 0.4) is 0 Å². The highest BCUT2D eigenvalue weighted by Gasteiger charge is 2.42. The first kappa shape index (κ1) is 21.3. The molecular weight excluding hydrogens is 426 g/mol. The minimum atomic E-state index is 0.153. The number of carbonyl (C=O) groups is 1. The number of rotatable bonds is 3. The van der Waals surface area contributed by atoms with E-state index in [0.717, 1.165) is 52.2 Å². The average molecular weight is 458 g/mol. The van der Waals surface area contributed by atoms with E-state index in [2.05, 4.69) is 29.0 Å². The largest absolute Gasteiger partial charge is 0.497 e. The molecule has 0 N–H and O–H groups in total. The number of fused-ring (bicyclic) bond motifs is 1. The topological polar surface area (TPSA) is 45.1 Å². The number of anilines is 1. The van der Waals surface area contributed by atoms with Crippen molar-refractivity contribution in [1.82, 2.24) is 4.90 Å². The lowest BCUT2D eigenvalue weighted by atomic mass is 9.94. The van der Waals surface area contributed by atoms with Crippen molar-refractivity contribution in [2.24, 2.45) is 4.99 Å². The van der Waals surface area contributed by atoms with Crippen LogP contribution >= 0.6 is 23.5 Å². The van der Waals surface area contributed by atoms with Gasteiger partial charge in [0.2, 0.25) is 0 Å². The van der Waals surface area contributed by atoms with Crippen LogP contribution in [0.15, 0.2) is 38.0 Å². The summed E-state index contributed by atoms with van der Waals surface area (Å²) < 4.78 is 5.42. The summed E-state index contributed by atoms with van der Waals surface area (Å²) in [6, 6.07) is 6.79. The minimum absolute atomic E-state index is 0.153. The Bertz CT molecular complexity index is 917. The molecule has 1 aromatic rings. The third-order valence-electron chi connectivity index (χ3n) is 6.85. The molecular formula is C24H31N3O2S2. The van der Waals surface area contributed by atoms with Crippen molar-refractivity contribution in [2.75, 3.05) is 19.1 Å². The summed E-state index contributed by atoms with van der Waals surface area (Å²) in [6.07, 6.45) is 12.0. The molecule has 0 atom stereocenters. The molecule has 3 fully saturated rings. The molecule has 7 heteroatoms. The van der Waals surface area contributed by atoms with Gasteiger partial charge in [0, 0.05) is 24.1 Å². The van der Waals surface area contributed by atoms with E-state index in [1.807, 2.05) is 6.07 Å². The summed E-state index contributed by atoms with van der Waals surface area (Å²) in [5, 5.41) is 1.97. The first-order valence-corrected chi connectivity index (χ1v) is 13.2. The molecule has 1 amide bonds. The number of ether oxygens (including phenoxy) is 1. The highest BCUT2D eigenvalue weighted by Crippen LogP contribution is 2.51. The van der Waals surface area contributed by atoms with Crippen molar-refractivity contribution < 1.29 is 9.53 Å². The number of hydrogen-bond acceptors (Lipinski definition) is 6. The Morgan fingerprint density at radius 1 is 1.00 bits per heavy atom. The molecule has 166 valence electrons. The van der Waals surface area contributed by atoms with Crippen LogP contribution < -0.4 is 9.64 Å². The van der Waals surface area contributed by atoms with E-state index < -0.39 is 0 Å². The number of aliphatic imine (C=N–C) groups is 1. The van der Waals surface area contributed by atoms with Gasteiger partial charge >= 0.3 is 0 Å². The van der Waals surface area contributed by atoms with Crippen LogP contribution in [-0.4, -0.2) is 42.2 Å². The first-order chi connectivity index (χ1) is 15.2. The number of thioether (sulfide) groups is 2. The smallest absolute Gasteiger partial charge is 0.269 e. The van der Waals surface area contributed by atoms with E-state index >= 15 is 0 Å². The fourth-order valence-electron chi connectivity index (χ4n) is 5.08. The molecule has 2 heterocycles. The van der Waals surface area contributed by atoms with Crippen LogP contribution in [0.1, 0.15) is 64.2 Å². The summed E-state index contributed by atoms with van der Waals surface area (Å²) in [5.41, 5.74) is 1.10. The van der Waals surface area contributed by atoms with Gasteiger partial charge in [0.05, 0.1) is 23.9 Å². The molecule has 0 aromatic heterocycles. The van der Waals surface area contributed by atoms with Gasteiger partial charge in [-0.25, -0.2) is 0 Å². The van der Waals surface area contributed by atoms with Gasteiger partial charge in [0.15, 0.2) is 5.17 Å². The van der Waals surface area contributed by atoms with Gasteiger partial charge in [-0.05, 0) is 49.6 Å². The summed E-state index contributed by atoms with van der Waals surface area (Å²) in [7, 11) is 3.74. The van der Waals surface area contributed by atoms with Crippen LogP contribution in [0, 0.1) is 0 Å². The molecule has 2 aliphatic carbocycles. The Labute approximate surface area is 193 Å². The molecule has 31 heavy (non-hydrogen) atoms. The van der Waals surface area contributed by atoms with E-state index in [9.17, 15) is 4.79 Å². The van der Waals surface area contributed by atoms with Gasteiger partial charge in [-0.2, -0.15) is 0 Å². The summed E-state index contributed by atoms with van der Waals surface area (Å²) in [6.45, 7) is 0. The molecule has 5 nitrogen and oxygen atoms in total. The fraction of sp³-hybridized carbons (Fsp3) is 0.583. The molecule has 0 unspecified atom stereocenters. The molecule has 4 aliphatic rings. The van der Waals surface area contributed by atoms with Crippen LogP contribution in [0.4, 0.5) is 5.69 Å². The van der Waals surface area contributed by atoms with Gasteiger partial charge in [-0.3, -0.25) is 14.7 Å². The van der Waals surface area contributed by atoms with Crippen molar-refractivity contribution in [3.63, 3.8) is 0 Å². The molecule has 5 rings (SSSR count). The Kier molecular flexibility index (Phi) is 6.24. The molecule has 1 aromatic carbocycles. The SMILES string of the molecule is COc1ccc2c(c1)N(C)C(=C1SC(=NC3CCCCC3)N(C3CCCCC3)C1=O)S2. The third kappa shape index (κ3) is 4.11. The monoisotopic (exact) mass is 457 g/mol. The Morgan fingerprint density at radius 3 is 2.42 bits per heavy atom. The maximum absolute atomic E-state index is 13.8. The number of nitrogens with zero attached hydrogens (tertiary/aromatic N) is 3. The maximum Gasteiger partial charge on any atom is 0.269 e. The summed E-state index contributed by atoms with van der Waals surface area (Å²) >= 11 is 3.30. The zero-order valence-electron chi connectivity index (χ0n) is 18.4. The van der Waals surface area contributed by atoms with E-state index in [-0.39, 0.29) is 5.91 Å². The van der Waals surface area contributed by atoms with Crippen molar-refractivity contribution in [3.05, 3.63) is 28.1 Å².